The maximum Gasteiger partial charge on any atom is 0.341 e. The Morgan fingerprint density at radius 3 is 2.63 bits per heavy atom. The van der Waals surface area contributed by atoms with Crippen molar-refractivity contribution < 1.29 is 17.9 Å². The number of rotatable bonds is 6. The van der Waals surface area contributed by atoms with Crippen molar-refractivity contribution in [2.24, 2.45) is 13.0 Å². The minimum Gasteiger partial charge on any atom is -0.462 e. The summed E-state index contributed by atoms with van der Waals surface area (Å²) < 4.78 is 30.3. The molecule has 0 spiro atoms. The summed E-state index contributed by atoms with van der Waals surface area (Å²) >= 11 is 0. The Labute approximate surface area is 113 Å². The minimum atomic E-state index is -3.27. The molecule has 1 aromatic rings. The smallest absolute Gasteiger partial charge is 0.341 e. The van der Waals surface area contributed by atoms with Crippen LogP contribution in [0.3, 0.4) is 0 Å². The number of nitrogens with zero attached hydrogens (tertiary/aromatic N) is 2. The molecule has 7 heteroatoms. The second kappa shape index (κ2) is 6.18. The molecular weight excluding hydrogens is 268 g/mol. The van der Waals surface area contributed by atoms with Crippen LogP contribution in [0.5, 0.6) is 0 Å². The number of esters is 1. The molecule has 0 aliphatic rings. The summed E-state index contributed by atoms with van der Waals surface area (Å²) in [5.41, 5.74) is 0.593. The molecule has 0 aliphatic carbocycles. The maximum absolute atomic E-state index is 12.0. The van der Waals surface area contributed by atoms with Gasteiger partial charge in [-0.25, -0.2) is 13.2 Å². The maximum atomic E-state index is 12.0. The van der Waals surface area contributed by atoms with Gasteiger partial charge in [0.05, 0.1) is 30.0 Å². The minimum absolute atomic E-state index is 0.0456. The van der Waals surface area contributed by atoms with E-state index in [1.54, 1.807) is 14.0 Å². The fourth-order valence-electron chi connectivity index (χ4n) is 1.79. The van der Waals surface area contributed by atoms with Crippen molar-refractivity contribution in [2.45, 2.75) is 26.5 Å². The second-order valence-corrected chi connectivity index (χ2v) is 6.91. The van der Waals surface area contributed by atoms with E-state index in [9.17, 15) is 13.2 Å². The van der Waals surface area contributed by atoms with Crippen LogP contribution < -0.4 is 0 Å². The molecule has 0 amide bonds. The van der Waals surface area contributed by atoms with Gasteiger partial charge < -0.3 is 4.74 Å². The molecule has 0 radical (unpaired) electrons. The third-order valence-corrected chi connectivity index (χ3v) is 4.39. The lowest BCUT2D eigenvalue weighted by atomic mass is 10.2. The first-order chi connectivity index (χ1) is 8.76. The summed E-state index contributed by atoms with van der Waals surface area (Å²) in [5.74, 6) is -0.606. The Balaban J connectivity index is 3.01. The van der Waals surface area contributed by atoms with E-state index < -0.39 is 15.8 Å². The van der Waals surface area contributed by atoms with Gasteiger partial charge in [-0.05, 0) is 12.8 Å². The lowest BCUT2D eigenvalue weighted by Gasteiger charge is -2.09. The van der Waals surface area contributed by atoms with Gasteiger partial charge in [0.15, 0.2) is 9.84 Å². The highest BCUT2D eigenvalue weighted by Gasteiger charge is 2.23. The van der Waals surface area contributed by atoms with E-state index in [1.165, 1.54) is 10.9 Å². The van der Waals surface area contributed by atoms with Gasteiger partial charge >= 0.3 is 5.97 Å². The molecule has 0 bridgehead atoms. The first kappa shape index (κ1) is 15.7. The van der Waals surface area contributed by atoms with Crippen LogP contribution in [0.4, 0.5) is 0 Å². The first-order valence-corrected chi connectivity index (χ1v) is 7.97. The van der Waals surface area contributed by atoms with E-state index in [0.717, 1.165) is 0 Å². The Bertz CT molecular complexity index is 546. The van der Waals surface area contributed by atoms with E-state index in [0.29, 0.717) is 5.69 Å². The van der Waals surface area contributed by atoms with E-state index >= 15 is 0 Å². The number of aryl methyl sites for hydroxylation is 1. The molecule has 1 heterocycles. The zero-order valence-electron chi connectivity index (χ0n) is 11.7. The van der Waals surface area contributed by atoms with Crippen molar-refractivity contribution in [1.82, 2.24) is 9.78 Å². The summed E-state index contributed by atoms with van der Waals surface area (Å²) in [7, 11) is -1.65. The van der Waals surface area contributed by atoms with Gasteiger partial charge in [0.1, 0.15) is 5.56 Å². The topological polar surface area (TPSA) is 78.3 Å². The molecule has 0 saturated heterocycles. The highest BCUT2D eigenvalue weighted by molar-refractivity contribution is 7.90. The lowest BCUT2D eigenvalue weighted by molar-refractivity contribution is 0.0525. The number of ether oxygens (including phenoxy) is 1. The fraction of sp³-hybridized carbons (Fsp3) is 0.667. The predicted octanol–water partition coefficient (Wildman–Crippen LogP) is 1.17. The van der Waals surface area contributed by atoms with Gasteiger partial charge in [-0.2, -0.15) is 5.10 Å². The largest absolute Gasteiger partial charge is 0.462 e. The number of hydrogen-bond acceptors (Lipinski definition) is 5. The van der Waals surface area contributed by atoms with Crippen LogP contribution in [-0.2, 0) is 27.4 Å². The molecular formula is C12H20N2O4S. The summed E-state index contributed by atoms with van der Waals surface area (Å²) in [6, 6.07) is 0. The number of carbonyl (C=O) groups excluding carboxylic acids is 1. The van der Waals surface area contributed by atoms with Crippen molar-refractivity contribution >= 4 is 15.8 Å². The monoisotopic (exact) mass is 288 g/mol. The lowest BCUT2D eigenvalue weighted by Crippen LogP contribution is -2.18. The van der Waals surface area contributed by atoms with Gasteiger partial charge in [-0.15, -0.1) is 0 Å². The SMILES string of the molecule is CCOC(=O)c1cnn(C)c1CS(=O)(=O)CC(C)C. The summed E-state index contributed by atoms with van der Waals surface area (Å²) in [5, 5.41) is 3.93. The Morgan fingerprint density at radius 1 is 1.47 bits per heavy atom. The number of aromatic nitrogens is 2. The average molecular weight is 288 g/mol. The van der Waals surface area contributed by atoms with Crippen LogP contribution in [0.2, 0.25) is 0 Å². The van der Waals surface area contributed by atoms with Crippen LogP contribution >= 0.6 is 0 Å². The molecule has 0 unspecified atom stereocenters. The molecule has 0 fully saturated rings. The molecule has 0 N–H and O–H groups in total. The number of sulfone groups is 1. The predicted molar refractivity (Wildman–Crippen MR) is 71.5 cm³/mol. The van der Waals surface area contributed by atoms with Crippen LogP contribution in [0.15, 0.2) is 6.20 Å². The molecule has 0 aromatic carbocycles. The van der Waals surface area contributed by atoms with Gasteiger partial charge in [-0.3, -0.25) is 4.68 Å². The standard InChI is InChI=1S/C12H20N2O4S/c1-5-18-12(15)10-6-13-14(4)11(10)8-19(16,17)7-9(2)3/h6,9H,5,7-8H2,1-4H3. The van der Waals surface area contributed by atoms with Crippen LogP contribution in [0, 0.1) is 5.92 Å². The summed E-state index contributed by atoms with van der Waals surface area (Å²) in [4.78, 5) is 11.7. The summed E-state index contributed by atoms with van der Waals surface area (Å²) in [6.07, 6.45) is 1.35. The third-order valence-electron chi connectivity index (χ3n) is 2.50. The highest BCUT2D eigenvalue weighted by Crippen LogP contribution is 2.15. The van der Waals surface area contributed by atoms with Crippen molar-refractivity contribution in [1.29, 1.82) is 0 Å². The van der Waals surface area contributed by atoms with Crippen LogP contribution in [0.25, 0.3) is 0 Å². The van der Waals surface area contributed by atoms with Gasteiger partial charge in [-0.1, -0.05) is 13.8 Å². The van der Waals surface area contributed by atoms with Gasteiger partial charge in [0.25, 0.3) is 0 Å². The Morgan fingerprint density at radius 2 is 2.11 bits per heavy atom. The number of hydrogen-bond donors (Lipinski definition) is 0. The molecule has 0 saturated carbocycles. The molecule has 19 heavy (non-hydrogen) atoms. The summed E-state index contributed by atoms with van der Waals surface area (Å²) in [6.45, 7) is 5.62. The molecule has 108 valence electrons. The van der Waals surface area contributed by atoms with E-state index in [1.807, 2.05) is 13.8 Å². The molecule has 0 atom stereocenters. The Hall–Kier alpha value is -1.37. The average Bonchev–Trinajstić information content (AvgIpc) is 2.58. The van der Waals surface area contributed by atoms with Gasteiger partial charge in [0.2, 0.25) is 0 Å². The van der Waals surface area contributed by atoms with E-state index in [2.05, 4.69) is 5.10 Å². The quantitative estimate of drug-likeness (QED) is 0.734. The van der Waals surface area contributed by atoms with Crippen molar-refractivity contribution in [3.05, 3.63) is 17.5 Å². The molecule has 0 aliphatic heterocycles. The van der Waals surface area contributed by atoms with E-state index in [4.69, 9.17) is 4.74 Å². The first-order valence-electron chi connectivity index (χ1n) is 6.15. The normalized spacial score (nSPS) is 11.8. The van der Waals surface area contributed by atoms with Crippen LogP contribution in [-0.4, -0.2) is 36.5 Å². The fourth-order valence-corrected chi connectivity index (χ4v) is 3.68. The van der Waals surface area contributed by atoms with Crippen molar-refractivity contribution in [3.63, 3.8) is 0 Å². The van der Waals surface area contributed by atoms with E-state index in [-0.39, 0.29) is 29.6 Å². The molecule has 1 aromatic heterocycles. The second-order valence-electron chi connectivity index (χ2n) is 4.80. The number of carbonyl (C=O) groups is 1. The molecule has 6 nitrogen and oxygen atoms in total. The third kappa shape index (κ3) is 4.34. The van der Waals surface area contributed by atoms with Crippen molar-refractivity contribution in [3.8, 4) is 0 Å². The van der Waals surface area contributed by atoms with Gasteiger partial charge in [0, 0.05) is 7.05 Å². The zero-order chi connectivity index (χ0) is 14.6. The zero-order valence-corrected chi connectivity index (χ0v) is 12.5. The Kier molecular flexibility index (Phi) is 5.11. The molecule has 1 rings (SSSR count). The van der Waals surface area contributed by atoms with Crippen LogP contribution in [0.1, 0.15) is 36.8 Å². The highest BCUT2D eigenvalue weighted by atomic mass is 32.2. The van der Waals surface area contributed by atoms with Crippen molar-refractivity contribution in [2.75, 3.05) is 12.4 Å².